The Morgan fingerprint density at radius 2 is 2.13 bits per heavy atom. The van der Waals surface area contributed by atoms with Gasteiger partial charge in [-0.1, -0.05) is 6.07 Å². The van der Waals surface area contributed by atoms with Crippen LogP contribution in [0, 0.1) is 0 Å². The number of rotatable bonds is 4. The van der Waals surface area contributed by atoms with Crippen LogP contribution in [0.3, 0.4) is 0 Å². The Labute approximate surface area is 94.6 Å². The molecule has 15 heavy (non-hydrogen) atoms. The number of aliphatic hydroxyl groups is 1. The van der Waals surface area contributed by atoms with E-state index in [4.69, 9.17) is 10.5 Å². The standard InChI is InChI=1S/C11H17NO2S/c1-7(12)11(13)8-4-5-10(15-3)9(6-8)14-2/h4-7,11,13H,12H2,1-3H3/t7-,11-/m0/s1. The van der Waals surface area contributed by atoms with Crippen LogP contribution < -0.4 is 10.5 Å². The Hall–Kier alpha value is -0.710. The molecule has 0 saturated carbocycles. The van der Waals surface area contributed by atoms with E-state index < -0.39 is 6.10 Å². The molecule has 1 rings (SSSR count). The molecule has 0 unspecified atom stereocenters. The lowest BCUT2D eigenvalue weighted by Gasteiger charge is -2.16. The molecular formula is C11H17NO2S. The third-order valence-corrected chi connectivity index (χ3v) is 3.02. The minimum Gasteiger partial charge on any atom is -0.496 e. The van der Waals surface area contributed by atoms with E-state index in [1.54, 1.807) is 25.8 Å². The molecule has 1 aromatic rings. The smallest absolute Gasteiger partial charge is 0.132 e. The predicted octanol–water partition coefficient (Wildman–Crippen LogP) is 1.80. The average molecular weight is 227 g/mol. The van der Waals surface area contributed by atoms with Gasteiger partial charge in [0.2, 0.25) is 0 Å². The van der Waals surface area contributed by atoms with Gasteiger partial charge in [0.05, 0.1) is 13.2 Å². The fraction of sp³-hybridized carbons (Fsp3) is 0.455. The topological polar surface area (TPSA) is 55.5 Å². The van der Waals surface area contributed by atoms with Crippen LogP contribution in [-0.2, 0) is 0 Å². The van der Waals surface area contributed by atoms with Gasteiger partial charge in [-0.15, -0.1) is 11.8 Å². The summed E-state index contributed by atoms with van der Waals surface area (Å²) in [7, 11) is 1.62. The number of hydrogen-bond acceptors (Lipinski definition) is 4. The van der Waals surface area contributed by atoms with Crippen LogP contribution in [0.25, 0.3) is 0 Å². The van der Waals surface area contributed by atoms with Crippen molar-refractivity contribution in [3.63, 3.8) is 0 Å². The van der Waals surface area contributed by atoms with Gasteiger partial charge in [0.15, 0.2) is 0 Å². The van der Waals surface area contributed by atoms with Crippen LogP contribution in [0.2, 0.25) is 0 Å². The molecule has 0 bridgehead atoms. The summed E-state index contributed by atoms with van der Waals surface area (Å²) < 4.78 is 5.23. The molecule has 0 radical (unpaired) electrons. The molecule has 4 heteroatoms. The van der Waals surface area contributed by atoms with E-state index in [0.717, 1.165) is 16.2 Å². The molecule has 0 heterocycles. The first kappa shape index (κ1) is 12.4. The summed E-state index contributed by atoms with van der Waals surface area (Å²) in [6.07, 6.45) is 1.34. The van der Waals surface area contributed by atoms with Crippen molar-refractivity contribution in [2.45, 2.75) is 24.0 Å². The van der Waals surface area contributed by atoms with E-state index in [1.807, 2.05) is 24.5 Å². The van der Waals surface area contributed by atoms with Gasteiger partial charge in [-0.2, -0.15) is 0 Å². The fourth-order valence-electron chi connectivity index (χ4n) is 1.34. The SMILES string of the molecule is COc1cc([C@@H](O)[C@H](C)N)ccc1SC. The maximum absolute atomic E-state index is 9.79. The van der Waals surface area contributed by atoms with Gasteiger partial charge in [0.25, 0.3) is 0 Å². The molecule has 0 aliphatic carbocycles. The van der Waals surface area contributed by atoms with Gasteiger partial charge in [0.1, 0.15) is 5.75 Å². The van der Waals surface area contributed by atoms with Crippen LogP contribution in [0.4, 0.5) is 0 Å². The number of methoxy groups -OCH3 is 1. The second kappa shape index (κ2) is 5.39. The van der Waals surface area contributed by atoms with Crippen molar-refractivity contribution in [1.29, 1.82) is 0 Å². The highest BCUT2D eigenvalue weighted by atomic mass is 32.2. The Morgan fingerprint density at radius 1 is 1.47 bits per heavy atom. The zero-order valence-corrected chi connectivity index (χ0v) is 10.0. The molecule has 0 fully saturated rings. The van der Waals surface area contributed by atoms with Crippen LogP contribution in [0.5, 0.6) is 5.75 Å². The highest BCUT2D eigenvalue weighted by Gasteiger charge is 2.14. The molecule has 3 nitrogen and oxygen atoms in total. The van der Waals surface area contributed by atoms with Gasteiger partial charge in [0, 0.05) is 10.9 Å². The average Bonchev–Trinajstić information content (AvgIpc) is 2.26. The lowest BCUT2D eigenvalue weighted by molar-refractivity contribution is 0.153. The lowest BCUT2D eigenvalue weighted by Crippen LogP contribution is -2.24. The summed E-state index contributed by atoms with van der Waals surface area (Å²) in [4.78, 5) is 1.05. The minimum absolute atomic E-state index is 0.283. The molecule has 84 valence electrons. The molecule has 0 spiro atoms. The maximum Gasteiger partial charge on any atom is 0.132 e. The molecular weight excluding hydrogens is 210 g/mol. The van der Waals surface area contributed by atoms with E-state index in [-0.39, 0.29) is 6.04 Å². The van der Waals surface area contributed by atoms with Crippen molar-refractivity contribution in [2.24, 2.45) is 5.73 Å². The molecule has 0 aromatic heterocycles. The summed E-state index contributed by atoms with van der Waals surface area (Å²) in [5, 5.41) is 9.79. The van der Waals surface area contributed by atoms with Crippen LogP contribution >= 0.6 is 11.8 Å². The first-order valence-electron chi connectivity index (χ1n) is 4.75. The number of ether oxygens (including phenoxy) is 1. The van der Waals surface area contributed by atoms with Gasteiger partial charge >= 0.3 is 0 Å². The minimum atomic E-state index is -0.644. The highest BCUT2D eigenvalue weighted by molar-refractivity contribution is 7.98. The van der Waals surface area contributed by atoms with E-state index in [0.29, 0.717) is 0 Å². The van der Waals surface area contributed by atoms with Crippen molar-refractivity contribution in [3.05, 3.63) is 23.8 Å². The summed E-state index contributed by atoms with van der Waals surface area (Å²) >= 11 is 1.61. The van der Waals surface area contributed by atoms with Crippen LogP contribution in [0.1, 0.15) is 18.6 Å². The zero-order valence-electron chi connectivity index (χ0n) is 9.23. The Bertz CT molecular complexity index is 328. The van der Waals surface area contributed by atoms with Gasteiger partial charge < -0.3 is 15.6 Å². The van der Waals surface area contributed by atoms with E-state index >= 15 is 0 Å². The summed E-state index contributed by atoms with van der Waals surface area (Å²) in [6, 6.07) is 5.36. The molecule has 2 atom stereocenters. The molecule has 0 aliphatic heterocycles. The molecule has 3 N–H and O–H groups in total. The van der Waals surface area contributed by atoms with Gasteiger partial charge in [-0.25, -0.2) is 0 Å². The van der Waals surface area contributed by atoms with Crippen molar-refractivity contribution in [1.82, 2.24) is 0 Å². The van der Waals surface area contributed by atoms with Crippen molar-refractivity contribution < 1.29 is 9.84 Å². The zero-order chi connectivity index (χ0) is 11.4. The molecule has 0 saturated heterocycles. The molecule has 1 aromatic carbocycles. The molecule has 0 aliphatic rings. The van der Waals surface area contributed by atoms with Crippen molar-refractivity contribution in [3.8, 4) is 5.75 Å². The number of benzene rings is 1. The summed E-state index contributed by atoms with van der Waals surface area (Å²) in [5.74, 6) is 0.778. The van der Waals surface area contributed by atoms with E-state index in [1.165, 1.54) is 0 Å². The normalized spacial score (nSPS) is 14.7. The van der Waals surface area contributed by atoms with Crippen molar-refractivity contribution >= 4 is 11.8 Å². The number of nitrogens with two attached hydrogens (primary N) is 1. The quantitative estimate of drug-likeness (QED) is 0.770. The van der Waals surface area contributed by atoms with Gasteiger partial charge in [-0.3, -0.25) is 0 Å². The van der Waals surface area contributed by atoms with E-state index in [9.17, 15) is 5.11 Å². The second-order valence-electron chi connectivity index (χ2n) is 3.42. The van der Waals surface area contributed by atoms with E-state index in [2.05, 4.69) is 0 Å². The Kier molecular flexibility index (Phi) is 4.45. The van der Waals surface area contributed by atoms with Crippen molar-refractivity contribution in [2.75, 3.05) is 13.4 Å². The van der Waals surface area contributed by atoms with Crippen LogP contribution in [-0.4, -0.2) is 24.5 Å². The second-order valence-corrected chi connectivity index (χ2v) is 4.27. The number of thioether (sulfide) groups is 1. The Balaban J connectivity index is 3.02. The predicted molar refractivity (Wildman–Crippen MR) is 63.4 cm³/mol. The van der Waals surface area contributed by atoms with Gasteiger partial charge in [-0.05, 0) is 30.9 Å². The maximum atomic E-state index is 9.79. The number of hydrogen-bond donors (Lipinski definition) is 2. The fourth-order valence-corrected chi connectivity index (χ4v) is 1.89. The first-order chi connectivity index (χ1) is 7.10. The third-order valence-electron chi connectivity index (χ3n) is 2.25. The largest absolute Gasteiger partial charge is 0.496 e. The van der Waals surface area contributed by atoms with Crippen LogP contribution in [0.15, 0.2) is 23.1 Å². The lowest BCUT2D eigenvalue weighted by atomic mass is 10.0. The first-order valence-corrected chi connectivity index (χ1v) is 5.98. The Morgan fingerprint density at radius 3 is 2.60 bits per heavy atom. The summed E-state index contributed by atoms with van der Waals surface area (Å²) in [5.41, 5.74) is 6.43. The number of aliphatic hydroxyl groups excluding tert-OH is 1. The molecule has 0 amide bonds. The third kappa shape index (κ3) is 2.87. The summed E-state index contributed by atoms with van der Waals surface area (Å²) in [6.45, 7) is 1.78. The monoisotopic (exact) mass is 227 g/mol. The highest BCUT2D eigenvalue weighted by Crippen LogP contribution is 2.30.